The van der Waals surface area contributed by atoms with Crippen LogP contribution in [0.15, 0.2) is 17.6 Å². The topological polar surface area (TPSA) is 67.2 Å². The first-order chi connectivity index (χ1) is 10.0. The number of nitrogens with one attached hydrogen (secondary N) is 2. The third-order valence-electron chi connectivity index (χ3n) is 2.96. The fraction of sp³-hybridized carbons (Fsp3) is 0.533. The van der Waals surface area contributed by atoms with Gasteiger partial charge in [0.15, 0.2) is 0 Å². The monoisotopic (exact) mass is 327 g/mol. The van der Waals surface area contributed by atoms with Crippen molar-refractivity contribution >= 4 is 39.7 Å². The van der Waals surface area contributed by atoms with Crippen LogP contribution < -0.4 is 16.4 Å². The van der Waals surface area contributed by atoms with Crippen LogP contribution in [0, 0.1) is 5.92 Å². The van der Waals surface area contributed by atoms with Crippen molar-refractivity contribution in [3.63, 3.8) is 0 Å². The Labute approximate surface area is 135 Å². The Morgan fingerprint density at radius 3 is 2.81 bits per heavy atom. The van der Waals surface area contributed by atoms with Gasteiger partial charge in [-0.05, 0) is 25.0 Å². The summed E-state index contributed by atoms with van der Waals surface area (Å²) in [5.41, 5.74) is 6.67. The molecule has 0 saturated carbocycles. The van der Waals surface area contributed by atoms with Gasteiger partial charge in [0, 0.05) is 13.1 Å². The third kappa shape index (κ3) is 5.28. The number of thiophene rings is 1. The molecule has 1 aromatic rings. The zero-order valence-electron chi connectivity index (χ0n) is 13.0. The number of carbonyl (C=O) groups excluding carboxylic acids is 1. The molecule has 118 valence electrons. The van der Waals surface area contributed by atoms with Crippen LogP contribution in [0.1, 0.15) is 36.4 Å². The zero-order valence-corrected chi connectivity index (χ0v) is 14.6. The largest absolute Gasteiger partial charge is 0.396 e. The van der Waals surface area contributed by atoms with Gasteiger partial charge in [-0.15, -0.1) is 29.7 Å². The van der Waals surface area contributed by atoms with Gasteiger partial charge < -0.3 is 16.4 Å². The number of amides is 1. The lowest BCUT2D eigenvalue weighted by Gasteiger charge is -2.07. The molecule has 0 aromatic carbocycles. The first kappa shape index (κ1) is 17.9. The zero-order chi connectivity index (χ0) is 15.8. The lowest BCUT2D eigenvalue weighted by molar-refractivity contribution is 0.0963. The molecule has 0 spiro atoms. The Morgan fingerprint density at radius 1 is 1.52 bits per heavy atom. The smallest absolute Gasteiger partial charge is 0.263 e. The average Bonchev–Trinajstić information content (AvgIpc) is 2.77. The van der Waals surface area contributed by atoms with E-state index in [1.807, 2.05) is 6.26 Å². The molecule has 1 aromatic heterocycles. The molecule has 1 amide bonds. The van der Waals surface area contributed by atoms with Gasteiger partial charge in [-0.1, -0.05) is 19.9 Å². The van der Waals surface area contributed by atoms with Gasteiger partial charge >= 0.3 is 0 Å². The van der Waals surface area contributed by atoms with E-state index in [1.165, 1.54) is 17.8 Å². The van der Waals surface area contributed by atoms with E-state index in [4.69, 9.17) is 5.73 Å². The van der Waals surface area contributed by atoms with Crippen LogP contribution in [0.3, 0.4) is 0 Å². The van der Waals surface area contributed by atoms with Crippen LogP contribution in [0.2, 0.25) is 0 Å². The summed E-state index contributed by atoms with van der Waals surface area (Å²) in [6, 6.07) is 0. The number of thioether (sulfide) groups is 1. The highest BCUT2D eigenvalue weighted by atomic mass is 32.2. The normalized spacial score (nSPS) is 10.7. The minimum absolute atomic E-state index is 0.136. The molecule has 4 nitrogen and oxygen atoms in total. The Morgan fingerprint density at radius 2 is 2.24 bits per heavy atom. The van der Waals surface area contributed by atoms with Gasteiger partial charge in [-0.3, -0.25) is 4.79 Å². The lowest BCUT2D eigenvalue weighted by atomic mass is 10.1. The standard InChI is InChI=1S/C15H25N3OS2/c1-5-8-17-14(19)12-11(16)13(20-4)15(21-12)18-9-6-7-10(2)3/h5,10,18H,1,6-9,16H2,2-4H3,(H,17,19). The summed E-state index contributed by atoms with van der Waals surface area (Å²) in [6.07, 6.45) is 5.93. The number of hydrogen-bond acceptors (Lipinski definition) is 5. The minimum atomic E-state index is -0.136. The van der Waals surface area contributed by atoms with Gasteiger partial charge in [-0.2, -0.15) is 0 Å². The fourth-order valence-corrected chi connectivity index (χ4v) is 3.85. The molecule has 21 heavy (non-hydrogen) atoms. The quantitative estimate of drug-likeness (QED) is 0.366. The summed E-state index contributed by atoms with van der Waals surface area (Å²) in [7, 11) is 0. The van der Waals surface area contributed by atoms with E-state index in [0.29, 0.717) is 23.0 Å². The molecule has 0 aliphatic carbocycles. The molecule has 0 saturated heterocycles. The first-order valence-electron chi connectivity index (χ1n) is 7.10. The molecule has 0 fully saturated rings. The van der Waals surface area contributed by atoms with Crippen LogP contribution in [0.25, 0.3) is 0 Å². The summed E-state index contributed by atoms with van der Waals surface area (Å²) in [5, 5.41) is 7.18. The van der Waals surface area contributed by atoms with Crippen LogP contribution in [-0.2, 0) is 0 Å². The van der Waals surface area contributed by atoms with Crippen LogP contribution in [0.5, 0.6) is 0 Å². The van der Waals surface area contributed by atoms with Crippen molar-refractivity contribution < 1.29 is 4.79 Å². The first-order valence-corrected chi connectivity index (χ1v) is 9.14. The molecule has 0 aliphatic heterocycles. The molecule has 0 unspecified atom stereocenters. The lowest BCUT2D eigenvalue weighted by Crippen LogP contribution is -2.23. The molecule has 4 N–H and O–H groups in total. The highest BCUT2D eigenvalue weighted by molar-refractivity contribution is 7.99. The maximum atomic E-state index is 12.1. The van der Waals surface area contributed by atoms with Gasteiger partial charge in [0.25, 0.3) is 5.91 Å². The highest BCUT2D eigenvalue weighted by Crippen LogP contribution is 2.41. The highest BCUT2D eigenvalue weighted by Gasteiger charge is 2.20. The number of anilines is 2. The number of nitrogen functional groups attached to an aromatic ring is 1. The van der Waals surface area contributed by atoms with E-state index < -0.39 is 0 Å². The maximum absolute atomic E-state index is 12.1. The maximum Gasteiger partial charge on any atom is 0.263 e. The number of rotatable bonds is 9. The van der Waals surface area contributed by atoms with Crippen molar-refractivity contribution in [1.29, 1.82) is 0 Å². The van der Waals surface area contributed by atoms with E-state index >= 15 is 0 Å². The van der Waals surface area contributed by atoms with E-state index in [-0.39, 0.29) is 5.91 Å². The molecule has 0 atom stereocenters. The predicted octanol–water partition coefficient (Wildman–Crippen LogP) is 3.82. The Bertz CT molecular complexity index is 484. The molecule has 6 heteroatoms. The van der Waals surface area contributed by atoms with Gasteiger partial charge in [0.2, 0.25) is 0 Å². The van der Waals surface area contributed by atoms with Crippen molar-refractivity contribution in [2.24, 2.45) is 5.92 Å². The Hall–Kier alpha value is -1.14. The fourth-order valence-electron chi connectivity index (χ4n) is 1.87. The molecular weight excluding hydrogens is 302 g/mol. The van der Waals surface area contributed by atoms with E-state index in [1.54, 1.807) is 17.8 Å². The third-order valence-corrected chi connectivity index (χ3v) is 5.08. The van der Waals surface area contributed by atoms with Crippen molar-refractivity contribution in [2.75, 3.05) is 30.4 Å². The summed E-state index contributed by atoms with van der Waals surface area (Å²) >= 11 is 3.00. The minimum Gasteiger partial charge on any atom is -0.396 e. The molecule has 0 bridgehead atoms. The Kier molecular flexibility index (Phi) is 7.67. The molecule has 1 rings (SSSR count). The second-order valence-electron chi connectivity index (χ2n) is 5.17. The van der Waals surface area contributed by atoms with Crippen LogP contribution in [0.4, 0.5) is 10.7 Å². The second kappa shape index (κ2) is 9.00. The molecular formula is C15H25N3OS2. The summed E-state index contributed by atoms with van der Waals surface area (Å²) in [4.78, 5) is 13.6. The summed E-state index contributed by atoms with van der Waals surface area (Å²) in [6.45, 7) is 9.38. The molecule has 0 aliphatic rings. The van der Waals surface area contributed by atoms with Crippen LogP contribution in [-0.4, -0.2) is 25.3 Å². The van der Waals surface area contributed by atoms with Gasteiger partial charge in [-0.25, -0.2) is 0 Å². The average molecular weight is 328 g/mol. The molecule has 0 radical (unpaired) electrons. The SMILES string of the molecule is C=CCNC(=O)c1sc(NCCCC(C)C)c(SC)c1N. The van der Waals surface area contributed by atoms with E-state index in [2.05, 4.69) is 31.1 Å². The summed E-state index contributed by atoms with van der Waals surface area (Å²) < 4.78 is 0. The van der Waals surface area contributed by atoms with Gasteiger partial charge in [0.05, 0.1) is 10.6 Å². The Balaban J connectivity index is 2.75. The number of nitrogens with two attached hydrogens (primary N) is 1. The van der Waals surface area contributed by atoms with Crippen molar-refractivity contribution in [3.8, 4) is 0 Å². The van der Waals surface area contributed by atoms with Crippen molar-refractivity contribution in [2.45, 2.75) is 31.6 Å². The second-order valence-corrected chi connectivity index (χ2v) is 7.01. The summed E-state index contributed by atoms with van der Waals surface area (Å²) in [5.74, 6) is 0.573. The van der Waals surface area contributed by atoms with E-state index in [0.717, 1.165) is 22.9 Å². The predicted molar refractivity (Wildman–Crippen MR) is 95.6 cm³/mol. The molecule has 1 heterocycles. The van der Waals surface area contributed by atoms with Crippen LogP contribution >= 0.6 is 23.1 Å². The number of carbonyl (C=O) groups is 1. The van der Waals surface area contributed by atoms with E-state index in [9.17, 15) is 4.79 Å². The number of hydrogen-bond donors (Lipinski definition) is 3. The van der Waals surface area contributed by atoms with Gasteiger partial charge in [0.1, 0.15) is 9.88 Å². The van der Waals surface area contributed by atoms with Crippen molar-refractivity contribution in [3.05, 3.63) is 17.5 Å². The van der Waals surface area contributed by atoms with Crippen molar-refractivity contribution in [1.82, 2.24) is 5.32 Å².